The maximum absolute atomic E-state index is 12.6. The van der Waals surface area contributed by atoms with Crippen molar-refractivity contribution in [3.63, 3.8) is 0 Å². The first-order chi connectivity index (χ1) is 13.4. The van der Waals surface area contributed by atoms with Gasteiger partial charge in [-0.1, -0.05) is 12.1 Å². The molecule has 8 heteroatoms. The van der Waals surface area contributed by atoms with Gasteiger partial charge >= 0.3 is 5.97 Å². The highest BCUT2D eigenvalue weighted by atomic mass is 79.9. The molecule has 1 unspecified atom stereocenters. The molecule has 0 saturated carbocycles. The van der Waals surface area contributed by atoms with Crippen molar-refractivity contribution in [3.8, 4) is 11.5 Å². The molecule has 0 amide bonds. The van der Waals surface area contributed by atoms with Crippen LogP contribution in [0.15, 0.2) is 45.7 Å². The number of para-hydroxylation sites is 1. The molecule has 3 rings (SSSR count). The number of fused-ring (bicyclic) bond motifs is 1. The standard InChI is InChI=1S/C20H19BrN2O5/c1-4-27-17-14(21)9-12(10-16(17)26-3)20(25)28-11(2)18-22-15-8-6-5-7-13(15)19(24)23-18/h5-11H,4H2,1-3H3,(H,22,23,24). The zero-order chi connectivity index (χ0) is 20.3. The van der Waals surface area contributed by atoms with Crippen LogP contribution in [0.3, 0.4) is 0 Å². The van der Waals surface area contributed by atoms with Crippen molar-refractivity contribution >= 4 is 32.8 Å². The van der Waals surface area contributed by atoms with E-state index in [1.165, 1.54) is 7.11 Å². The van der Waals surface area contributed by atoms with E-state index in [0.29, 0.717) is 33.5 Å². The van der Waals surface area contributed by atoms with Gasteiger partial charge in [-0.05, 0) is 54.0 Å². The van der Waals surface area contributed by atoms with E-state index >= 15 is 0 Å². The molecule has 28 heavy (non-hydrogen) atoms. The number of H-pyrrole nitrogens is 1. The van der Waals surface area contributed by atoms with E-state index in [2.05, 4.69) is 25.9 Å². The highest BCUT2D eigenvalue weighted by molar-refractivity contribution is 9.10. The first-order valence-corrected chi connectivity index (χ1v) is 9.44. The van der Waals surface area contributed by atoms with Crippen molar-refractivity contribution in [1.82, 2.24) is 9.97 Å². The Morgan fingerprint density at radius 3 is 2.75 bits per heavy atom. The van der Waals surface area contributed by atoms with Crippen LogP contribution in [0.4, 0.5) is 0 Å². The Labute approximate surface area is 169 Å². The lowest BCUT2D eigenvalue weighted by molar-refractivity contribution is 0.0319. The topological polar surface area (TPSA) is 90.5 Å². The van der Waals surface area contributed by atoms with Crippen molar-refractivity contribution < 1.29 is 19.0 Å². The zero-order valence-corrected chi connectivity index (χ0v) is 17.2. The maximum atomic E-state index is 12.6. The summed E-state index contributed by atoms with van der Waals surface area (Å²) >= 11 is 3.38. The van der Waals surface area contributed by atoms with Crippen LogP contribution in [-0.4, -0.2) is 29.7 Å². The average Bonchev–Trinajstić information content (AvgIpc) is 2.69. The van der Waals surface area contributed by atoms with Crippen LogP contribution in [0.5, 0.6) is 11.5 Å². The Kier molecular flexibility index (Phi) is 5.99. The Morgan fingerprint density at radius 1 is 1.29 bits per heavy atom. The van der Waals surface area contributed by atoms with Gasteiger partial charge in [0.2, 0.25) is 0 Å². The Balaban J connectivity index is 1.87. The monoisotopic (exact) mass is 446 g/mol. The molecule has 0 spiro atoms. The summed E-state index contributed by atoms with van der Waals surface area (Å²) in [4.78, 5) is 31.9. The lowest BCUT2D eigenvalue weighted by Gasteiger charge is -2.15. The van der Waals surface area contributed by atoms with Gasteiger partial charge < -0.3 is 19.2 Å². The van der Waals surface area contributed by atoms with Gasteiger partial charge in [0.05, 0.1) is 34.7 Å². The highest BCUT2D eigenvalue weighted by Crippen LogP contribution is 2.37. The minimum Gasteiger partial charge on any atom is -0.493 e. The number of halogens is 1. The molecular weight excluding hydrogens is 428 g/mol. The predicted molar refractivity (Wildman–Crippen MR) is 108 cm³/mol. The fourth-order valence-electron chi connectivity index (χ4n) is 2.70. The lowest BCUT2D eigenvalue weighted by atomic mass is 10.2. The second-order valence-electron chi connectivity index (χ2n) is 5.94. The molecule has 1 aromatic heterocycles. The second kappa shape index (κ2) is 8.43. The average molecular weight is 447 g/mol. The molecule has 0 bridgehead atoms. The number of rotatable bonds is 6. The van der Waals surface area contributed by atoms with Crippen LogP contribution in [0.2, 0.25) is 0 Å². The summed E-state index contributed by atoms with van der Waals surface area (Å²) in [5.74, 6) is 0.613. The van der Waals surface area contributed by atoms with E-state index in [9.17, 15) is 9.59 Å². The number of hydrogen-bond acceptors (Lipinski definition) is 6. The first kappa shape index (κ1) is 19.9. The third kappa shape index (κ3) is 4.01. The van der Waals surface area contributed by atoms with Gasteiger partial charge in [-0.2, -0.15) is 0 Å². The summed E-state index contributed by atoms with van der Waals surface area (Å²) in [5.41, 5.74) is 0.533. The third-order valence-electron chi connectivity index (χ3n) is 4.05. The molecular formula is C20H19BrN2O5. The zero-order valence-electron chi connectivity index (χ0n) is 15.6. The van der Waals surface area contributed by atoms with Crippen LogP contribution in [-0.2, 0) is 4.74 Å². The van der Waals surface area contributed by atoms with Gasteiger partial charge in [-0.3, -0.25) is 4.79 Å². The Morgan fingerprint density at radius 2 is 2.04 bits per heavy atom. The van der Waals surface area contributed by atoms with E-state index in [1.54, 1.807) is 43.3 Å². The number of aromatic nitrogens is 2. The fraction of sp³-hybridized carbons (Fsp3) is 0.250. The molecule has 0 aliphatic carbocycles. The van der Waals surface area contributed by atoms with Gasteiger partial charge in [0.25, 0.3) is 5.56 Å². The molecule has 7 nitrogen and oxygen atoms in total. The SMILES string of the molecule is CCOc1c(Br)cc(C(=O)OC(C)c2nc3ccccc3c(=O)[nH]2)cc1OC. The molecule has 0 radical (unpaired) electrons. The van der Waals surface area contributed by atoms with Crippen LogP contribution in [0.25, 0.3) is 10.9 Å². The first-order valence-electron chi connectivity index (χ1n) is 8.64. The number of carbonyl (C=O) groups is 1. The number of methoxy groups -OCH3 is 1. The number of aromatic amines is 1. The molecule has 1 N–H and O–H groups in total. The lowest BCUT2D eigenvalue weighted by Crippen LogP contribution is -2.17. The van der Waals surface area contributed by atoms with Crippen LogP contribution >= 0.6 is 15.9 Å². The van der Waals surface area contributed by atoms with Crippen LogP contribution < -0.4 is 15.0 Å². The van der Waals surface area contributed by atoms with Gasteiger partial charge in [0.1, 0.15) is 0 Å². The molecule has 2 aromatic carbocycles. The number of ether oxygens (including phenoxy) is 3. The van der Waals surface area contributed by atoms with Gasteiger partial charge in [0, 0.05) is 0 Å². The van der Waals surface area contributed by atoms with Crippen LogP contribution in [0, 0.1) is 0 Å². The van der Waals surface area contributed by atoms with E-state index in [0.717, 1.165) is 0 Å². The number of esters is 1. The normalized spacial score (nSPS) is 11.9. The molecule has 0 saturated heterocycles. The quantitative estimate of drug-likeness (QED) is 0.575. The number of benzene rings is 2. The smallest absolute Gasteiger partial charge is 0.339 e. The molecule has 0 aliphatic heterocycles. The third-order valence-corrected chi connectivity index (χ3v) is 4.64. The summed E-state index contributed by atoms with van der Waals surface area (Å²) in [6.07, 6.45) is -0.749. The number of carbonyl (C=O) groups excluding carboxylic acids is 1. The number of nitrogens with one attached hydrogen (secondary N) is 1. The van der Waals surface area contributed by atoms with E-state index in [1.807, 2.05) is 6.92 Å². The second-order valence-corrected chi connectivity index (χ2v) is 6.79. The minimum absolute atomic E-state index is 0.272. The Bertz CT molecular complexity index is 1080. The van der Waals surface area contributed by atoms with Crippen molar-refractivity contribution in [3.05, 3.63) is 62.6 Å². The largest absolute Gasteiger partial charge is 0.493 e. The maximum Gasteiger partial charge on any atom is 0.339 e. The number of nitrogens with zero attached hydrogens (tertiary/aromatic N) is 1. The molecule has 0 fully saturated rings. The summed E-state index contributed by atoms with van der Waals surface area (Å²) in [6, 6.07) is 10.1. The molecule has 146 valence electrons. The molecule has 3 aromatic rings. The molecule has 1 atom stereocenters. The summed E-state index contributed by atoms with van der Waals surface area (Å²) in [5, 5.41) is 0.477. The Hall–Kier alpha value is -2.87. The predicted octanol–water partition coefficient (Wildman–Crippen LogP) is 4.01. The van der Waals surface area contributed by atoms with Crippen molar-refractivity contribution in [2.24, 2.45) is 0 Å². The van der Waals surface area contributed by atoms with Crippen molar-refractivity contribution in [2.75, 3.05) is 13.7 Å². The van der Waals surface area contributed by atoms with Crippen molar-refractivity contribution in [1.29, 1.82) is 0 Å². The van der Waals surface area contributed by atoms with Crippen LogP contribution in [0.1, 0.15) is 36.1 Å². The van der Waals surface area contributed by atoms with Gasteiger partial charge in [-0.15, -0.1) is 0 Å². The fourth-order valence-corrected chi connectivity index (χ4v) is 3.26. The van der Waals surface area contributed by atoms with E-state index < -0.39 is 12.1 Å². The highest BCUT2D eigenvalue weighted by Gasteiger charge is 2.20. The van der Waals surface area contributed by atoms with Crippen molar-refractivity contribution in [2.45, 2.75) is 20.0 Å². The summed E-state index contributed by atoms with van der Waals surface area (Å²) < 4.78 is 16.9. The minimum atomic E-state index is -0.749. The van der Waals surface area contributed by atoms with E-state index in [-0.39, 0.29) is 16.9 Å². The van der Waals surface area contributed by atoms with Gasteiger partial charge in [0.15, 0.2) is 23.4 Å². The molecule has 0 aliphatic rings. The molecule has 1 heterocycles. The summed E-state index contributed by atoms with van der Waals surface area (Å²) in [7, 11) is 1.49. The van der Waals surface area contributed by atoms with E-state index in [4.69, 9.17) is 14.2 Å². The number of hydrogen-bond donors (Lipinski definition) is 1. The summed E-state index contributed by atoms with van der Waals surface area (Å²) in [6.45, 7) is 3.95. The van der Waals surface area contributed by atoms with Gasteiger partial charge in [-0.25, -0.2) is 9.78 Å².